The molecule has 3 aromatic rings. The van der Waals surface area contributed by atoms with Crippen molar-refractivity contribution in [1.82, 2.24) is 0 Å². The molecule has 0 aliphatic carbocycles. The number of carbonyl (C=O) groups is 1. The number of nitrogens with one attached hydrogen (secondary N) is 1. The molecule has 1 N–H and O–H groups in total. The molecule has 2 aromatic carbocycles. The standard InChI is InChI=1S/C22H23NO4/c1-15-13-20(25-2)21(26-3)14-18(15)23-22(24)12-10-17-9-11-19(27-17)16-7-5-4-6-8-16/h4-9,11,13-14H,10,12H2,1-3H3,(H,23,24). The SMILES string of the molecule is COc1cc(C)c(NC(=O)CCc2ccc(-c3ccccc3)o2)cc1OC. The molecule has 0 saturated heterocycles. The maximum atomic E-state index is 12.3. The number of ether oxygens (including phenoxy) is 2. The second kappa shape index (κ2) is 8.45. The first-order valence-corrected chi connectivity index (χ1v) is 8.77. The first-order valence-electron chi connectivity index (χ1n) is 8.77. The van der Waals surface area contributed by atoms with E-state index in [0.29, 0.717) is 30.0 Å². The summed E-state index contributed by atoms with van der Waals surface area (Å²) < 4.78 is 16.4. The molecule has 0 spiro atoms. The number of hydrogen-bond donors (Lipinski definition) is 1. The Hall–Kier alpha value is -3.21. The number of hydrogen-bond acceptors (Lipinski definition) is 4. The van der Waals surface area contributed by atoms with Gasteiger partial charge in [-0.3, -0.25) is 4.79 Å². The summed E-state index contributed by atoms with van der Waals surface area (Å²) in [6.07, 6.45) is 0.862. The first-order chi connectivity index (χ1) is 13.1. The van der Waals surface area contributed by atoms with Crippen LogP contribution < -0.4 is 14.8 Å². The van der Waals surface area contributed by atoms with Gasteiger partial charge in [0.1, 0.15) is 11.5 Å². The lowest BCUT2D eigenvalue weighted by atomic mass is 10.1. The first kappa shape index (κ1) is 18.6. The van der Waals surface area contributed by atoms with Gasteiger partial charge in [0.2, 0.25) is 5.91 Å². The van der Waals surface area contributed by atoms with Crippen molar-refractivity contribution in [2.45, 2.75) is 19.8 Å². The highest BCUT2D eigenvalue weighted by Crippen LogP contribution is 2.33. The van der Waals surface area contributed by atoms with Crippen LogP contribution in [0, 0.1) is 6.92 Å². The van der Waals surface area contributed by atoms with Crippen LogP contribution in [0.25, 0.3) is 11.3 Å². The second-order valence-electron chi connectivity index (χ2n) is 6.20. The summed E-state index contributed by atoms with van der Waals surface area (Å²) in [5, 5.41) is 2.93. The van der Waals surface area contributed by atoms with E-state index >= 15 is 0 Å². The van der Waals surface area contributed by atoms with Crippen molar-refractivity contribution in [3.63, 3.8) is 0 Å². The maximum absolute atomic E-state index is 12.3. The molecule has 1 heterocycles. The number of carbonyl (C=O) groups excluding carboxylic acids is 1. The quantitative estimate of drug-likeness (QED) is 0.651. The topological polar surface area (TPSA) is 60.7 Å². The molecule has 0 atom stereocenters. The van der Waals surface area contributed by atoms with Crippen molar-refractivity contribution >= 4 is 11.6 Å². The highest BCUT2D eigenvalue weighted by atomic mass is 16.5. The minimum Gasteiger partial charge on any atom is -0.493 e. The molecular formula is C22H23NO4. The van der Waals surface area contributed by atoms with Gasteiger partial charge >= 0.3 is 0 Å². The van der Waals surface area contributed by atoms with E-state index in [4.69, 9.17) is 13.9 Å². The van der Waals surface area contributed by atoms with Crippen LogP contribution in [-0.4, -0.2) is 20.1 Å². The molecule has 3 rings (SSSR count). The van der Waals surface area contributed by atoms with Crippen molar-refractivity contribution < 1.29 is 18.7 Å². The smallest absolute Gasteiger partial charge is 0.224 e. The van der Waals surface area contributed by atoms with Crippen LogP contribution in [0.1, 0.15) is 17.7 Å². The minimum atomic E-state index is -0.0806. The van der Waals surface area contributed by atoms with Gasteiger partial charge in [0.05, 0.1) is 14.2 Å². The van der Waals surface area contributed by atoms with Crippen LogP contribution in [0.4, 0.5) is 5.69 Å². The van der Waals surface area contributed by atoms with Crippen LogP contribution in [0.2, 0.25) is 0 Å². The van der Waals surface area contributed by atoms with Crippen molar-refractivity contribution in [1.29, 1.82) is 0 Å². The van der Waals surface area contributed by atoms with Gasteiger partial charge in [-0.1, -0.05) is 30.3 Å². The molecule has 1 aromatic heterocycles. The molecule has 0 unspecified atom stereocenters. The lowest BCUT2D eigenvalue weighted by Gasteiger charge is -2.13. The van der Waals surface area contributed by atoms with E-state index in [1.807, 2.05) is 55.5 Å². The molecule has 0 bridgehead atoms. The summed E-state index contributed by atoms with van der Waals surface area (Å²) in [7, 11) is 3.16. The number of methoxy groups -OCH3 is 2. The van der Waals surface area contributed by atoms with Gasteiger partial charge in [-0.15, -0.1) is 0 Å². The van der Waals surface area contributed by atoms with Crippen LogP contribution >= 0.6 is 0 Å². The van der Waals surface area contributed by atoms with Crippen LogP contribution in [0.3, 0.4) is 0 Å². The van der Waals surface area contributed by atoms with Gasteiger partial charge in [-0.05, 0) is 30.7 Å². The lowest BCUT2D eigenvalue weighted by molar-refractivity contribution is -0.116. The minimum absolute atomic E-state index is 0.0806. The number of benzene rings is 2. The van der Waals surface area contributed by atoms with Gasteiger partial charge in [0.15, 0.2) is 11.5 Å². The monoisotopic (exact) mass is 365 g/mol. The number of rotatable bonds is 7. The van der Waals surface area contributed by atoms with Gasteiger partial charge in [-0.2, -0.15) is 0 Å². The Kier molecular flexibility index (Phi) is 5.81. The summed E-state index contributed by atoms with van der Waals surface area (Å²) in [5.41, 5.74) is 2.64. The number of amides is 1. The normalized spacial score (nSPS) is 10.5. The fourth-order valence-corrected chi connectivity index (χ4v) is 2.83. The van der Waals surface area contributed by atoms with Crippen LogP contribution in [0.5, 0.6) is 11.5 Å². The molecule has 140 valence electrons. The Morgan fingerprint density at radius 3 is 2.41 bits per heavy atom. The lowest BCUT2D eigenvalue weighted by Crippen LogP contribution is -2.13. The Labute approximate surface area is 158 Å². The third kappa shape index (κ3) is 4.50. The highest BCUT2D eigenvalue weighted by Gasteiger charge is 2.12. The average Bonchev–Trinajstić information content (AvgIpc) is 3.17. The summed E-state index contributed by atoms with van der Waals surface area (Å²) in [4.78, 5) is 12.3. The van der Waals surface area contributed by atoms with E-state index in [9.17, 15) is 4.79 Å². The molecule has 1 amide bonds. The summed E-state index contributed by atoms with van der Waals surface area (Å²) in [6.45, 7) is 1.91. The summed E-state index contributed by atoms with van der Waals surface area (Å²) >= 11 is 0. The van der Waals surface area contributed by atoms with E-state index in [0.717, 1.165) is 22.6 Å². The molecular weight excluding hydrogens is 342 g/mol. The zero-order valence-electron chi connectivity index (χ0n) is 15.7. The molecule has 0 aliphatic heterocycles. The zero-order valence-corrected chi connectivity index (χ0v) is 15.7. The molecule has 0 fully saturated rings. The second-order valence-corrected chi connectivity index (χ2v) is 6.20. The van der Waals surface area contributed by atoms with Crippen molar-refractivity contribution in [2.24, 2.45) is 0 Å². The Balaban J connectivity index is 1.61. The third-order valence-electron chi connectivity index (χ3n) is 4.32. The highest BCUT2D eigenvalue weighted by molar-refractivity contribution is 5.92. The fourth-order valence-electron chi connectivity index (χ4n) is 2.83. The van der Waals surface area contributed by atoms with E-state index in [1.54, 1.807) is 20.3 Å². The van der Waals surface area contributed by atoms with Gasteiger partial charge in [-0.25, -0.2) is 0 Å². The number of aryl methyl sites for hydroxylation is 2. The zero-order chi connectivity index (χ0) is 19.2. The van der Waals surface area contributed by atoms with Crippen molar-refractivity contribution in [3.8, 4) is 22.8 Å². The van der Waals surface area contributed by atoms with E-state index in [1.165, 1.54) is 0 Å². The molecule has 5 nitrogen and oxygen atoms in total. The van der Waals surface area contributed by atoms with Gasteiger partial charge < -0.3 is 19.2 Å². The van der Waals surface area contributed by atoms with E-state index in [2.05, 4.69) is 5.32 Å². The largest absolute Gasteiger partial charge is 0.493 e. The molecule has 0 radical (unpaired) electrons. The Morgan fingerprint density at radius 2 is 1.70 bits per heavy atom. The van der Waals surface area contributed by atoms with Crippen molar-refractivity contribution in [3.05, 3.63) is 65.9 Å². The maximum Gasteiger partial charge on any atom is 0.224 e. The fraction of sp³-hybridized carbons (Fsp3) is 0.227. The van der Waals surface area contributed by atoms with E-state index < -0.39 is 0 Å². The molecule has 5 heteroatoms. The van der Waals surface area contributed by atoms with Gasteiger partial charge in [0.25, 0.3) is 0 Å². The Bertz CT molecular complexity index is 915. The van der Waals surface area contributed by atoms with E-state index in [-0.39, 0.29) is 5.91 Å². The third-order valence-corrected chi connectivity index (χ3v) is 4.32. The van der Waals surface area contributed by atoms with Crippen LogP contribution in [-0.2, 0) is 11.2 Å². The Morgan fingerprint density at radius 1 is 1.00 bits per heavy atom. The predicted molar refractivity (Wildman–Crippen MR) is 105 cm³/mol. The van der Waals surface area contributed by atoms with Crippen LogP contribution in [0.15, 0.2) is 59.0 Å². The number of anilines is 1. The number of furan rings is 1. The summed E-state index contributed by atoms with van der Waals surface area (Å²) in [5.74, 6) is 2.73. The molecule has 27 heavy (non-hydrogen) atoms. The molecule has 0 aliphatic rings. The van der Waals surface area contributed by atoms with Gasteiger partial charge in [0, 0.05) is 30.2 Å². The summed E-state index contributed by atoms with van der Waals surface area (Å²) in [6, 6.07) is 17.4. The predicted octanol–water partition coefficient (Wildman–Crippen LogP) is 4.84. The molecule has 0 saturated carbocycles. The van der Waals surface area contributed by atoms with Crippen molar-refractivity contribution in [2.75, 3.05) is 19.5 Å². The average molecular weight is 365 g/mol.